The van der Waals surface area contributed by atoms with Crippen molar-refractivity contribution >= 4 is 67.2 Å². The van der Waals surface area contributed by atoms with Crippen LogP contribution in [0.4, 0.5) is 11.4 Å². The lowest BCUT2D eigenvalue weighted by atomic mass is 10.1. The molecule has 3 rings (SSSR count). The van der Waals surface area contributed by atoms with Gasteiger partial charge in [-0.05, 0) is 75.7 Å². The third kappa shape index (κ3) is 5.59. The predicted octanol–water partition coefficient (Wildman–Crippen LogP) is 5.48. The summed E-state index contributed by atoms with van der Waals surface area (Å²) in [6, 6.07) is 16.5. The molecule has 8 heteroatoms. The fourth-order valence-electron chi connectivity index (χ4n) is 3.07. The predicted molar refractivity (Wildman–Crippen MR) is 132 cm³/mol. The second kappa shape index (κ2) is 10.4. The normalized spacial score (nSPS) is 10.4. The summed E-state index contributed by atoms with van der Waals surface area (Å²) in [5, 5.41) is 10.5. The number of carbonyl (C=O) groups excluding carboxylic acids is 2. The van der Waals surface area contributed by atoms with Gasteiger partial charge in [0, 0.05) is 17.8 Å². The number of fused-ring (bicyclic) bond motifs is 1. The summed E-state index contributed by atoms with van der Waals surface area (Å²) in [4.78, 5) is 24.6. The van der Waals surface area contributed by atoms with Gasteiger partial charge in [-0.15, -0.1) is 0 Å². The standard InChI is InChI=1S/C23H22BrN3O3S/c1-3-6-19(28)25-15-9-11-16(12-10-15)26-23(31)27-22(29)18-13-14-7-4-5-8-17(14)20(24)21(18)30-2/h4-5,7-13H,3,6H2,1-2H3,(H,25,28)(H2,26,27,29,31). The number of anilines is 2. The van der Waals surface area contributed by atoms with Gasteiger partial charge in [0.2, 0.25) is 5.91 Å². The molecule has 0 aromatic heterocycles. The topological polar surface area (TPSA) is 79.5 Å². The zero-order chi connectivity index (χ0) is 22.4. The van der Waals surface area contributed by atoms with Crippen LogP contribution in [0.5, 0.6) is 5.75 Å². The highest BCUT2D eigenvalue weighted by Gasteiger charge is 2.19. The Labute approximate surface area is 194 Å². The Bertz CT molecular complexity index is 1130. The van der Waals surface area contributed by atoms with Gasteiger partial charge in [0.1, 0.15) is 5.75 Å². The maximum atomic E-state index is 12.9. The van der Waals surface area contributed by atoms with Gasteiger partial charge in [-0.2, -0.15) is 0 Å². The average Bonchev–Trinajstić information content (AvgIpc) is 2.75. The van der Waals surface area contributed by atoms with E-state index in [0.29, 0.717) is 33.6 Å². The van der Waals surface area contributed by atoms with E-state index in [1.165, 1.54) is 7.11 Å². The number of rotatable bonds is 6. The molecule has 3 aromatic rings. The Morgan fingerprint density at radius 1 is 1.03 bits per heavy atom. The molecule has 0 unspecified atom stereocenters. The fraction of sp³-hybridized carbons (Fsp3) is 0.174. The van der Waals surface area contributed by atoms with Crippen molar-refractivity contribution in [3.05, 3.63) is 64.6 Å². The maximum Gasteiger partial charge on any atom is 0.261 e. The first-order chi connectivity index (χ1) is 14.9. The van der Waals surface area contributed by atoms with Crippen molar-refractivity contribution in [1.82, 2.24) is 5.32 Å². The van der Waals surface area contributed by atoms with E-state index in [9.17, 15) is 9.59 Å². The van der Waals surface area contributed by atoms with Crippen LogP contribution in [0.25, 0.3) is 10.8 Å². The molecule has 6 nitrogen and oxygen atoms in total. The molecular weight excluding hydrogens is 478 g/mol. The number of benzene rings is 3. The van der Waals surface area contributed by atoms with Crippen molar-refractivity contribution < 1.29 is 14.3 Å². The molecule has 0 spiro atoms. The molecule has 0 saturated carbocycles. The van der Waals surface area contributed by atoms with Crippen LogP contribution in [-0.4, -0.2) is 24.0 Å². The third-order valence-electron chi connectivity index (χ3n) is 4.52. The van der Waals surface area contributed by atoms with Crippen molar-refractivity contribution in [3.8, 4) is 5.75 Å². The third-order valence-corrected chi connectivity index (χ3v) is 5.51. The van der Waals surface area contributed by atoms with Crippen LogP contribution < -0.4 is 20.7 Å². The Kier molecular flexibility index (Phi) is 7.59. The summed E-state index contributed by atoms with van der Waals surface area (Å²) < 4.78 is 6.17. The van der Waals surface area contributed by atoms with E-state index in [2.05, 4.69) is 31.9 Å². The van der Waals surface area contributed by atoms with Crippen LogP contribution in [0, 0.1) is 0 Å². The summed E-state index contributed by atoms with van der Waals surface area (Å²) in [6.45, 7) is 1.95. The van der Waals surface area contributed by atoms with Crippen LogP contribution in [0.1, 0.15) is 30.1 Å². The first kappa shape index (κ1) is 22.7. The molecule has 0 saturated heterocycles. The first-order valence-electron chi connectivity index (χ1n) is 9.70. The Hall–Kier alpha value is -2.97. The number of carbonyl (C=O) groups is 2. The monoisotopic (exact) mass is 499 g/mol. The average molecular weight is 500 g/mol. The van der Waals surface area contributed by atoms with E-state index in [1.54, 1.807) is 30.3 Å². The van der Waals surface area contributed by atoms with E-state index in [-0.39, 0.29) is 16.9 Å². The van der Waals surface area contributed by atoms with Crippen molar-refractivity contribution in [3.63, 3.8) is 0 Å². The zero-order valence-electron chi connectivity index (χ0n) is 17.1. The van der Waals surface area contributed by atoms with E-state index in [4.69, 9.17) is 17.0 Å². The molecule has 160 valence electrons. The largest absolute Gasteiger partial charge is 0.495 e. The van der Waals surface area contributed by atoms with E-state index in [0.717, 1.165) is 17.2 Å². The fourth-order valence-corrected chi connectivity index (χ4v) is 4.02. The SMILES string of the molecule is CCCC(=O)Nc1ccc(NC(=S)NC(=O)c2cc3ccccc3c(Br)c2OC)cc1. The summed E-state index contributed by atoms with van der Waals surface area (Å²) in [5.41, 5.74) is 1.75. The molecule has 0 radical (unpaired) electrons. The number of ether oxygens (including phenoxy) is 1. The van der Waals surface area contributed by atoms with Gasteiger partial charge < -0.3 is 15.4 Å². The number of amides is 2. The number of halogens is 1. The molecule has 0 fully saturated rings. The quantitative estimate of drug-likeness (QED) is 0.391. The van der Waals surface area contributed by atoms with Crippen LogP contribution in [0.15, 0.2) is 59.1 Å². The molecule has 2 amide bonds. The molecule has 3 N–H and O–H groups in total. The van der Waals surface area contributed by atoms with E-state index < -0.39 is 0 Å². The van der Waals surface area contributed by atoms with Gasteiger partial charge in [0.25, 0.3) is 5.91 Å². The van der Waals surface area contributed by atoms with Crippen LogP contribution >= 0.6 is 28.1 Å². The van der Waals surface area contributed by atoms with Gasteiger partial charge in [-0.25, -0.2) is 0 Å². The molecule has 31 heavy (non-hydrogen) atoms. The molecule has 0 aliphatic carbocycles. The zero-order valence-corrected chi connectivity index (χ0v) is 19.5. The molecule has 0 aliphatic heterocycles. The molecule has 0 aliphatic rings. The second-order valence-electron chi connectivity index (χ2n) is 6.78. The Balaban J connectivity index is 1.70. The number of methoxy groups -OCH3 is 1. The number of nitrogens with one attached hydrogen (secondary N) is 3. The number of hydrogen-bond acceptors (Lipinski definition) is 4. The van der Waals surface area contributed by atoms with Gasteiger partial charge in [-0.1, -0.05) is 31.2 Å². The Morgan fingerprint density at radius 3 is 2.32 bits per heavy atom. The van der Waals surface area contributed by atoms with Gasteiger partial charge in [0.15, 0.2) is 5.11 Å². The Morgan fingerprint density at radius 2 is 1.68 bits per heavy atom. The number of thiocarbonyl (C=S) groups is 1. The minimum atomic E-state index is -0.385. The lowest BCUT2D eigenvalue weighted by Crippen LogP contribution is -2.34. The lowest BCUT2D eigenvalue weighted by Gasteiger charge is -2.15. The van der Waals surface area contributed by atoms with Gasteiger partial charge >= 0.3 is 0 Å². The minimum absolute atomic E-state index is 0.0264. The highest BCUT2D eigenvalue weighted by atomic mass is 79.9. The van der Waals surface area contributed by atoms with Gasteiger partial charge in [-0.3, -0.25) is 14.9 Å². The summed E-state index contributed by atoms with van der Waals surface area (Å²) in [6.07, 6.45) is 1.27. The molecule has 0 heterocycles. The van der Waals surface area contributed by atoms with Crippen molar-refractivity contribution in [1.29, 1.82) is 0 Å². The van der Waals surface area contributed by atoms with Crippen LogP contribution in [0.3, 0.4) is 0 Å². The van der Waals surface area contributed by atoms with Crippen LogP contribution in [-0.2, 0) is 4.79 Å². The highest BCUT2D eigenvalue weighted by molar-refractivity contribution is 9.10. The minimum Gasteiger partial charge on any atom is -0.495 e. The van der Waals surface area contributed by atoms with E-state index >= 15 is 0 Å². The van der Waals surface area contributed by atoms with Crippen molar-refractivity contribution in [2.75, 3.05) is 17.7 Å². The van der Waals surface area contributed by atoms with Crippen LogP contribution in [0.2, 0.25) is 0 Å². The highest BCUT2D eigenvalue weighted by Crippen LogP contribution is 2.36. The second-order valence-corrected chi connectivity index (χ2v) is 7.98. The molecule has 3 aromatic carbocycles. The molecular formula is C23H22BrN3O3S. The summed E-state index contributed by atoms with van der Waals surface area (Å²) in [7, 11) is 1.52. The summed E-state index contributed by atoms with van der Waals surface area (Å²) >= 11 is 8.82. The smallest absolute Gasteiger partial charge is 0.261 e. The maximum absolute atomic E-state index is 12.9. The van der Waals surface area contributed by atoms with Gasteiger partial charge in [0.05, 0.1) is 17.1 Å². The molecule has 0 atom stereocenters. The summed E-state index contributed by atoms with van der Waals surface area (Å²) in [5.74, 6) is 0.0249. The first-order valence-corrected chi connectivity index (χ1v) is 10.9. The molecule has 0 bridgehead atoms. The number of hydrogen-bond donors (Lipinski definition) is 3. The van der Waals surface area contributed by atoms with E-state index in [1.807, 2.05) is 31.2 Å². The lowest BCUT2D eigenvalue weighted by molar-refractivity contribution is -0.116. The van der Waals surface area contributed by atoms with Crippen molar-refractivity contribution in [2.45, 2.75) is 19.8 Å². The van der Waals surface area contributed by atoms with Crippen molar-refractivity contribution in [2.24, 2.45) is 0 Å².